The molecule has 0 saturated carbocycles. The summed E-state index contributed by atoms with van der Waals surface area (Å²) in [6.45, 7) is 8.25. The second-order valence-corrected chi connectivity index (χ2v) is 4.45. The summed E-state index contributed by atoms with van der Waals surface area (Å²) in [4.78, 5) is 2.24. The molecule has 2 heterocycles. The van der Waals surface area contributed by atoms with E-state index in [1.54, 1.807) is 0 Å². The number of nitrogens with one attached hydrogen (secondary N) is 1. The lowest BCUT2D eigenvalue weighted by Gasteiger charge is -2.33. The highest BCUT2D eigenvalue weighted by molar-refractivity contribution is 4.72. The zero-order valence-electron chi connectivity index (χ0n) is 11.2. The molecule has 2 unspecified atom stereocenters. The molecule has 0 spiro atoms. The monoisotopic (exact) mass is 262 g/mol. The van der Waals surface area contributed by atoms with Crippen LogP contribution in [0.4, 0.5) is 0 Å². The van der Waals surface area contributed by atoms with Gasteiger partial charge in [0.2, 0.25) is 0 Å². The van der Waals surface area contributed by atoms with Crippen molar-refractivity contribution in [2.24, 2.45) is 0 Å². The average molecular weight is 262 g/mol. The van der Waals surface area contributed by atoms with E-state index in [0.717, 1.165) is 32.8 Å². The topological polar surface area (TPSA) is 74.2 Å². The van der Waals surface area contributed by atoms with Gasteiger partial charge in [0.1, 0.15) is 0 Å². The molecular formula is C12H26N2O4. The standard InChI is InChI=1S/C7H15NO2.C5H11NO2/c1-2-8-3-4-10-6-7(8)5-9;7-3-5-4-8-2-1-6-5/h7,9H,2-6H2,1H3;5-7H,1-4H2. The zero-order chi connectivity index (χ0) is 13.2. The van der Waals surface area contributed by atoms with Crippen molar-refractivity contribution in [2.45, 2.75) is 19.0 Å². The quantitative estimate of drug-likeness (QED) is 0.585. The maximum atomic E-state index is 8.87. The van der Waals surface area contributed by atoms with Crippen molar-refractivity contribution < 1.29 is 19.7 Å². The molecule has 2 fully saturated rings. The van der Waals surface area contributed by atoms with Gasteiger partial charge in [-0.25, -0.2) is 0 Å². The fourth-order valence-electron chi connectivity index (χ4n) is 2.01. The Labute approximate surface area is 109 Å². The molecule has 0 radical (unpaired) electrons. The lowest BCUT2D eigenvalue weighted by molar-refractivity contribution is -0.0248. The van der Waals surface area contributed by atoms with E-state index in [1.807, 2.05) is 0 Å². The first kappa shape index (κ1) is 15.8. The van der Waals surface area contributed by atoms with Crippen LogP contribution in [0.15, 0.2) is 0 Å². The highest BCUT2D eigenvalue weighted by Crippen LogP contribution is 2.04. The molecular weight excluding hydrogens is 236 g/mol. The molecule has 0 aromatic carbocycles. The van der Waals surface area contributed by atoms with Crippen LogP contribution in [0.25, 0.3) is 0 Å². The highest BCUT2D eigenvalue weighted by Gasteiger charge is 2.19. The first-order chi connectivity index (χ1) is 8.81. The lowest BCUT2D eigenvalue weighted by Crippen LogP contribution is -2.47. The predicted octanol–water partition coefficient (Wildman–Crippen LogP) is -1.33. The van der Waals surface area contributed by atoms with Crippen LogP contribution in [-0.2, 0) is 9.47 Å². The van der Waals surface area contributed by atoms with Gasteiger partial charge in [-0.15, -0.1) is 0 Å². The van der Waals surface area contributed by atoms with Crippen LogP contribution in [0, 0.1) is 0 Å². The zero-order valence-corrected chi connectivity index (χ0v) is 11.2. The van der Waals surface area contributed by atoms with Gasteiger partial charge in [-0.05, 0) is 6.54 Å². The van der Waals surface area contributed by atoms with Crippen molar-refractivity contribution >= 4 is 0 Å². The molecule has 2 aliphatic rings. The molecule has 6 nitrogen and oxygen atoms in total. The number of hydrogen-bond acceptors (Lipinski definition) is 6. The molecule has 0 bridgehead atoms. The Balaban J connectivity index is 0.000000184. The molecule has 0 aromatic rings. The van der Waals surface area contributed by atoms with Crippen molar-refractivity contribution in [3.05, 3.63) is 0 Å². The summed E-state index contributed by atoms with van der Waals surface area (Å²) in [5.41, 5.74) is 0. The average Bonchev–Trinajstić information content (AvgIpc) is 2.48. The number of likely N-dealkylation sites (N-methyl/N-ethyl adjacent to an activating group) is 1. The molecule has 3 N–H and O–H groups in total. The minimum absolute atomic E-state index is 0.170. The van der Waals surface area contributed by atoms with Gasteiger partial charge in [-0.2, -0.15) is 0 Å². The SMILES string of the molecule is CCN1CCOCC1CO.OCC1COCCN1. The van der Waals surface area contributed by atoms with Crippen LogP contribution in [0.2, 0.25) is 0 Å². The summed E-state index contributed by atoms with van der Waals surface area (Å²) >= 11 is 0. The summed E-state index contributed by atoms with van der Waals surface area (Å²) < 4.78 is 10.3. The maximum Gasteiger partial charge on any atom is 0.0644 e. The molecule has 108 valence electrons. The van der Waals surface area contributed by atoms with E-state index in [2.05, 4.69) is 17.1 Å². The van der Waals surface area contributed by atoms with E-state index < -0.39 is 0 Å². The number of aliphatic hydroxyl groups excluding tert-OH is 2. The van der Waals surface area contributed by atoms with E-state index >= 15 is 0 Å². The Kier molecular flexibility index (Phi) is 8.49. The van der Waals surface area contributed by atoms with E-state index in [1.165, 1.54) is 0 Å². The van der Waals surface area contributed by atoms with Gasteiger partial charge < -0.3 is 25.0 Å². The first-order valence-electron chi connectivity index (χ1n) is 6.66. The van der Waals surface area contributed by atoms with Gasteiger partial charge in [-0.3, -0.25) is 4.90 Å². The van der Waals surface area contributed by atoms with Crippen molar-refractivity contribution in [1.82, 2.24) is 10.2 Å². The molecule has 2 atom stereocenters. The summed E-state index contributed by atoms with van der Waals surface area (Å²) in [5, 5.41) is 20.5. The molecule has 18 heavy (non-hydrogen) atoms. The van der Waals surface area contributed by atoms with E-state index in [9.17, 15) is 0 Å². The van der Waals surface area contributed by atoms with Crippen molar-refractivity contribution in [3.8, 4) is 0 Å². The number of ether oxygens (including phenoxy) is 2. The Bertz CT molecular complexity index is 189. The maximum absolute atomic E-state index is 8.87. The van der Waals surface area contributed by atoms with Gasteiger partial charge in [0.25, 0.3) is 0 Å². The predicted molar refractivity (Wildman–Crippen MR) is 68.6 cm³/mol. The normalized spacial score (nSPS) is 29.5. The summed E-state index contributed by atoms with van der Waals surface area (Å²) in [7, 11) is 0. The van der Waals surface area contributed by atoms with Crippen LogP contribution in [0.1, 0.15) is 6.92 Å². The van der Waals surface area contributed by atoms with Crippen LogP contribution in [0.5, 0.6) is 0 Å². The third-order valence-corrected chi connectivity index (χ3v) is 3.19. The summed E-state index contributed by atoms with van der Waals surface area (Å²) in [5.74, 6) is 0. The van der Waals surface area contributed by atoms with Crippen LogP contribution in [-0.4, -0.2) is 86.5 Å². The fourth-order valence-corrected chi connectivity index (χ4v) is 2.01. The minimum Gasteiger partial charge on any atom is -0.395 e. The van der Waals surface area contributed by atoms with Gasteiger partial charge in [0.15, 0.2) is 0 Å². The van der Waals surface area contributed by atoms with Gasteiger partial charge >= 0.3 is 0 Å². The van der Waals surface area contributed by atoms with Gasteiger partial charge in [-0.1, -0.05) is 6.92 Å². The molecule has 2 aliphatic heterocycles. The second kappa shape index (κ2) is 9.66. The Hall–Kier alpha value is -0.240. The number of nitrogens with zero attached hydrogens (tertiary/aromatic N) is 1. The molecule has 0 aromatic heterocycles. The second-order valence-electron chi connectivity index (χ2n) is 4.45. The summed E-state index contributed by atoms with van der Waals surface area (Å²) in [6, 6.07) is 0.405. The molecule has 6 heteroatoms. The Morgan fingerprint density at radius 2 is 1.94 bits per heavy atom. The molecule has 2 saturated heterocycles. The van der Waals surface area contributed by atoms with Gasteiger partial charge in [0, 0.05) is 13.1 Å². The number of aliphatic hydroxyl groups is 2. The third kappa shape index (κ3) is 5.60. The van der Waals surface area contributed by atoms with Crippen LogP contribution in [0.3, 0.4) is 0 Å². The Morgan fingerprint density at radius 3 is 2.39 bits per heavy atom. The van der Waals surface area contributed by atoms with E-state index in [-0.39, 0.29) is 25.3 Å². The summed E-state index contributed by atoms with van der Waals surface area (Å²) in [6.07, 6.45) is 0. The molecule has 0 aliphatic carbocycles. The van der Waals surface area contributed by atoms with Crippen molar-refractivity contribution in [3.63, 3.8) is 0 Å². The van der Waals surface area contributed by atoms with E-state index in [4.69, 9.17) is 19.7 Å². The highest BCUT2D eigenvalue weighted by atomic mass is 16.5. The number of hydrogen-bond donors (Lipinski definition) is 3. The number of morpholine rings is 2. The number of rotatable bonds is 3. The minimum atomic E-state index is 0.170. The van der Waals surface area contributed by atoms with Crippen LogP contribution < -0.4 is 5.32 Å². The Morgan fingerprint density at radius 1 is 1.17 bits per heavy atom. The fraction of sp³-hybridized carbons (Fsp3) is 1.00. The van der Waals surface area contributed by atoms with E-state index in [0.29, 0.717) is 13.2 Å². The molecule has 2 rings (SSSR count). The van der Waals surface area contributed by atoms with Crippen LogP contribution >= 0.6 is 0 Å². The smallest absolute Gasteiger partial charge is 0.0644 e. The largest absolute Gasteiger partial charge is 0.395 e. The van der Waals surface area contributed by atoms with Crippen molar-refractivity contribution in [1.29, 1.82) is 0 Å². The third-order valence-electron chi connectivity index (χ3n) is 3.19. The lowest BCUT2D eigenvalue weighted by atomic mass is 10.2. The van der Waals surface area contributed by atoms with Gasteiger partial charge in [0.05, 0.1) is 51.7 Å². The van der Waals surface area contributed by atoms with Crippen molar-refractivity contribution in [2.75, 3.05) is 59.3 Å². The molecule has 0 amide bonds. The first-order valence-corrected chi connectivity index (χ1v) is 6.66.